The second kappa shape index (κ2) is 19.1. The summed E-state index contributed by atoms with van der Waals surface area (Å²) in [6.07, 6.45) is 19.0. The van der Waals surface area contributed by atoms with Gasteiger partial charge >= 0.3 is 6.16 Å². The van der Waals surface area contributed by atoms with Crippen molar-refractivity contribution in [1.29, 1.82) is 0 Å². The molecule has 0 aliphatic heterocycles. The predicted octanol–water partition coefficient (Wildman–Crippen LogP) is 6.81. The van der Waals surface area contributed by atoms with E-state index in [1.807, 2.05) is 0 Å². The molecular formula is C20H38O3. The summed E-state index contributed by atoms with van der Waals surface area (Å²) in [4.78, 5) is 11.2. The predicted molar refractivity (Wildman–Crippen MR) is 97.8 cm³/mol. The molecule has 0 spiro atoms. The molecule has 0 N–H and O–H groups in total. The van der Waals surface area contributed by atoms with E-state index >= 15 is 0 Å². The minimum atomic E-state index is -0.550. The Balaban J connectivity index is 3.07. The summed E-state index contributed by atoms with van der Waals surface area (Å²) in [5.74, 6) is 0. The lowest BCUT2D eigenvalue weighted by Gasteiger charge is -2.05. The molecule has 136 valence electrons. The first-order valence-electron chi connectivity index (χ1n) is 9.71. The minimum absolute atomic E-state index is 0.362. The molecule has 3 heteroatoms. The summed E-state index contributed by atoms with van der Waals surface area (Å²) in [5, 5.41) is 0. The van der Waals surface area contributed by atoms with Crippen LogP contribution in [0.3, 0.4) is 0 Å². The van der Waals surface area contributed by atoms with E-state index in [4.69, 9.17) is 9.47 Å². The molecule has 0 aliphatic rings. The molecular weight excluding hydrogens is 288 g/mol. The highest BCUT2D eigenvalue weighted by Crippen LogP contribution is 2.12. The van der Waals surface area contributed by atoms with E-state index in [1.165, 1.54) is 70.6 Å². The Morgan fingerprint density at radius 1 is 0.739 bits per heavy atom. The van der Waals surface area contributed by atoms with Gasteiger partial charge in [-0.1, -0.05) is 90.0 Å². The molecule has 0 unspecified atom stereocenters. The monoisotopic (exact) mass is 326 g/mol. The summed E-state index contributed by atoms with van der Waals surface area (Å²) in [6.45, 7) is 6.67. The van der Waals surface area contributed by atoms with Crippen molar-refractivity contribution in [2.45, 2.75) is 96.8 Å². The highest BCUT2D eigenvalue weighted by molar-refractivity contribution is 5.59. The molecule has 3 nitrogen and oxygen atoms in total. The third-order valence-electron chi connectivity index (χ3n) is 4.01. The number of ether oxygens (including phenoxy) is 2. The lowest BCUT2D eigenvalue weighted by Crippen LogP contribution is -2.09. The van der Waals surface area contributed by atoms with E-state index in [-0.39, 0.29) is 0 Å². The molecule has 0 aromatic rings. The first-order valence-corrected chi connectivity index (χ1v) is 9.71. The Morgan fingerprint density at radius 3 is 1.65 bits per heavy atom. The normalized spacial score (nSPS) is 10.5. The molecule has 0 radical (unpaired) electrons. The van der Waals surface area contributed by atoms with Gasteiger partial charge in [0.15, 0.2) is 0 Å². The molecule has 0 saturated heterocycles. The molecule has 0 aromatic carbocycles. The molecule has 0 rings (SSSR count). The standard InChI is InChI=1S/C20H38O3/c1-3-5-7-8-9-10-11-12-13-14-15-16-17-19-23-20(21)22-18-6-4-2/h4H,2-3,5-19H2,1H3. The van der Waals surface area contributed by atoms with Crippen LogP contribution in [-0.2, 0) is 9.47 Å². The van der Waals surface area contributed by atoms with Crippen molar-refractivity contribution in [3.8, 4) is 0 Å². The number of carbonyl (C=O) groups excluding carboxylic acids is 1. The summed E-state index contributed by atoms with van der Waals surface area (Å²) in [7, 11) is 0. The maximum absolute atomic E-state index is 11.2. The van der Waals surface area contributed by atoms with E-state index in [0.29, 0.717) is 19.6 Å². The highest BCUT2D eigenvalue weighted by atomic mass is 16.7. The van der Waals surface area contributed by atoms with Gasteiger partial charge in [-0.2, -0.15) is 0 Å². The average Bonchev–Trinajstić information content (AvgIpc) is 2.55. The van der Waals surface area contributed by atoms with Gasteiger partial charge in [-0.05, 0) is 12.8 Å². The summed E-state index contributed by atoms with van der Waals surface area (Å²) >= 11 is 0. The zero-order chi connectivity index (χ0) is 17.0. The first-order chi connectivity index (χ1) is 11.3. The van der Waals surface area contributed by atoms with E-state index in [0.717, 1.165) is 12.8 Å². The van der Waals surface area contributed by atoms with Crippen LogP contribution < -0.4 is 0 Å². The van der Waals surface area contributed by atoms with Crippen molar-refractivity contribution in [3.05, 3.63) is 12.7 Å². The fourth-order valence-electron chi connectivity index (χ4n) is 2.54. The van der Waals surface area contributed by atoms with Crippen LogP contribution in [0.15, 0.2) is 12.7 Å². The zero-order valence-corrected chi connectivity index (χ0v) is 15.3. The lowest BCUT2D eigenvalue weighted by atomic mass is 10.0. The van der Waals surface area contributed by atoms with E-state index in [1.54, 1.807) is 6.08 Å². The van der Waals surface area contributed by atoms with Crippen molar-refractivity contribution in [3.63, 3.8) is 0 Å². The second-order valence-corrected chi connectivity index (χ2v) is 6.27. The second-order valence-electron chi connectivity index (χ2n) is 6.27. The Hall–Kier alpha value is -0.990. The highest BCUT2D eigenvalue weighted by Gasteiger charge is 2.01. The Labute approximate surface area is 143 Å². The lowest BCUT2D eigenvalue weighted by molar-refractivity contribution is 0.0553. The van der Waals surface area contributed by atoms with Gasteiger partial charge in [0.25, 0.3) is 0 Å². The van der Waals surface area contributed by atoms with Crippen LogP contribution in [0, 0.1) is 0 Å². The molecule has 0 saturated carbocycles. The molecule has 0 amide bonds. The molecule has 0 fully saturated rings. The maximum Gasteiger partial charge on any atom is 0.508 e. The maximum atomic E-state index is 11.2. The third kappa shape index (κ3) is 19.0. The van der Waals surface area contributed by atoms with Crippen LogP contribution in [-0.4, -0.2) is 19.4 Å². The Morgan fingerprint density at radius 2 is 1.17 bits per heavy atom. The molecule has 0 aromatic heterocycles. The minimum Gasteiger partial charge on any atom is -0.434 e. The van der Waals surface area contributed by atoms with Gasteiger partial charge in [-0.15, -0.1) is 6.58 Å². The summed E-state index contributed by atoms with van der Waals surface area (Å²) < 4.78 is 9.86. The van der Waals surface area contributed by atoms with Crippen LogP contribution in [0.2, 0.25) is 0 Å². The number of hydrogen-bond acceptors (Lipinski definition) is 3. The summed E-state index contributed by atoms with van der Waals surface area (Å²) in [5.41, 5.74) is 0. The molecule has 0 bridgehead atoms. The fourth-order valence-corrected chi connectivity index (χ4v) is 2.54. The molecule has 0 atom stereocenters. The number of rotatable bonds is 17. The van der Waals surface area contributed by atoms with Gasteiger partial charge in [0, 0.05) is 0 Å². The van der Waals surface area contributed by atoms with Gasteiger partial charge in [0.2, 0.25) is 0 Å². The van der Waals surface area contributed by atoms with E-state index in [2.05, 4.69) is 13.5 Å². The van der Waals surface area contributed by atoms with Crippen LogP contribution >= 0.6 is 0 Å². The Bertz CT molecular complexity index is 264. The molecule has 0 aliphatic carbocycles. The van der Waals surface area contributed by atoms with E-state index < -0.39 is 6.16 Å². The molecule has 0 heterocycles. The van der Waals surface area contributed by atoms with Gasteiger partial charge in [-0.25, -0.2) is 4.79 Å². The largest absolute Gasteiger partial charge is 0.508 e. The average molecular weight is 327 g/mol. The van der Waals surface area contributed by atoms with Gasteiger partial charge in [0.1, 0.15) is 0 Å². The Kier molecular flexibility index (Phi) is 18.2. The van der Waals surface area contributed by atoms with Crippen molar-refractivity contribution >= 4 is 6.16 Å². The quantitative estimate of drug-likeness (QED) is 0.167. The van der Waals surface area contributed by atoms with Crippen LogP contribution in [0.25, 0.3) is 0 Å². The third-order valence-corrected chi connectivity index (χ3v) is 4.01. The van der Waals surface area contributed by atoms with Crippen molar-refractivity contribution < 1.29 is 14.3 Å². The van der Waals surface area contributed by atoms with Gasteiger partial charge in [0.05, 0.1) is 13.2 Å². The topological polar surface area (TPSA) is 35.5 Å². The summed E-state index contributed by atoms with van der Waals surface area (Å²) in [6, 6.07) is 0. The molecule has 23 heavy (non-hydrogen) atoms. The van der Waals surface area contributed by atoms with Crippen LogP contribution in [0.1, 0.15) is 96.8 Å². The zero-order valence-electron chi connectivity index (χ0n) is 15.3. The van der Waals surface area contributed by atoms with Crippen molar-refractivity contribution in [1.82, 2.24) is 0 Å². The fraction of sp³-hybridized carbons (Fsp3) is 0.850. The SMILES string of the molecule is C=CCCOC(=O)OCCCCCCCCCCCCCCC. The van der Waals surface area contributed by atoms with Crippen LogP contribution in [0.5, 0.6) is 0 Å². The van der Waals surface area contributed by atoms with Crippen molar-refractivity contribution in [2.75, 3.05) is 13.2 Å². The number of carbonyl (C=O) groups is 1. The first kappa shape index (κ1) is 22.0. The van der Waals surface area contributed by atoms with Gasteiger partial charge in [-0.3, -0.25) is 0 Å². The van der Waals surface area contributed by atoms with Crippen LogP contribution in [0.4, 0.5) is 4.79 Å². The van der Waals surface area contributed by atoms with E-state index in [9.17, 15) is 4.79 Å². The number of unbranched alkanes of at least 4 members (excludes halogenated alkanes) is 12. The van der Waals surface area contributed by atoms with Gasteiger partial charge < -0.3 is 9.47 Å². The number of hydrogen-bond donors (Lipinski definition) is 0. The smallest absolute Gasteiger partial charge is 0.434 e. The van der Waals surface area contributed by atoms with Crippen molar-refractivity contribution in [2.24, 2.45) is 0 Å².